The molecule has 19 heavy (non-hydrogen) atoms. The molecule has 0 fully saturated rings. The Morgan fingerprint density at radius 2 is 2.26 bits per heavy atom. The molecule has 0 amide bonds. The molecule has 0 aromatic carbocycles. The van der Waals surface area contributed by atoms with E-state index in [1.807, 2.05) is 0 Å². The number of aryl methyl sites for hydroxylation is 1. The number of aliphatic hydroxyl groups is 2. The zero-order valence-electron chi connectivity index (χ0n) is 10.6. The number of nitrogens with zero attached hydrogens (tertiary/aromatic N) is 3. The molecule has 0 aliphatic rings. The summed E-state index contributed by atoms with van der Waals surface area (Å²) in [4.78, 5) is 22.0. The number of anilines is 1. The van der Waals surface area contributed by atoms with Crippen LogP contribution in [0.15, 0.2) is 11.1 Å². The number of aliphatic hydroxyl groups excluding tert-OH is 1. The summed E-state index contributed by atoms with van der Waals surface area (Å²) in [7, 11) is 0. The second kappa shape index (κ2) is 5.37. The molecule has 0 bridgehead atoms. The molecule has 0 radical (unpaired) electrons. The average molecular weight is 267 g/mol. The van der Waals surface area contributed by atoms with Crippen LogP contribution in [0.1, 0.15) is 19.8 Å². The van der Waals surface area contributed by atoms with E-state index in [4.69, 9.17) is 15.9 Å². The summed E-state index contributed by atoms with van der Waals surface area (Å²) in [5.41, 5.74) is 5.83. The van der Waals surface area contributed by atoms with Crippen LogP contribution in [0.4, 0.5) is 5.95 Å². The Hall–Kier alpha value is -1.93. The van der Waals surface area contributed by atoms with Crippen LogP contribution in [0.5, 0.6) is 0 Å². The lowest BCUT2D eigenvalue weighted by Crippen LogP contribution is -2.17. The Bertz CT molecular complexity index is 618. The molecule has 2 heterocycles. The van der Waals surface area contributed by atoms with Crippen molar-refractivity contribution in [3.63, 3.8) is 0 Å². The van der Waals surface area contributed by atoms with Gasteiger partial charge in [0, 0.05) is 12.5 Å². The summed E-state index contributed by atoms with van der Waals surface area (Å²) >= 11 is 0. The van der Waals surface area contributed by atoms with Gasteiger partial charge in [-0.25, -0.2) is 4.98 Å². The quantitative estimate of drug-likeness (QED) is 0.537. The van der Waals surface area contributed by atoms with E-state index in [9.17, 15) is 4.79 Å². The van der Waals surface area contributed by atoms with Crippen molar-refractivity contribution in [3.05, 3.63) is 16.7 Å². The number of nitrogens with one attached hydrogen (secondary N) is 1. The van der Waals surface area contributed by atoms with E-state index in [2.05, 4.69) is 15.0 Å². The van der Waals surface area contributed by atoms with Gasteiger partial charge >= 0.3 is 0 Å². The van der Waals surface area contributed by atoms with E-state index < -0.39 is 6.29 Å². The number of nitrogens with two attached hydrogens (primary N) is 1. The standard InChI is InChI=1S/C11H17N5O3/c1-6(10(18)19)3-2-4-16-5-13-7-8(16)14-11(12)15-9(7)17/h5-6,10,18-19H,2-4H2,1H3,(H3,12,14,15,17). The first-order valence-corrected chi connectivity index (χ1v) is 6.06. The van der Waals surface area contributed by atoms with Crippen molar-refractivity contribution in [2.24, 2.45) is 5.92 Å². The Balaban J connectivity index is 2.12. The van der Waals surface area contributed by atoms with Crippen molar-refractivity contribution in [2.75, 3.05) is 5.73 Å². The lowest BCUT2D eigenvalue weighted by Gasteiger charge is -2.13. The fraction of sp³-hybridized carbons (Fsp3) is 0.545. The molecule has 8 heteroatoms. The highest BCUT2D eigenvalue weighted by atomic mass is 16.5. The number of H-pyrrole nitrogens is 1. The number of imidazole rings is 1. The first-order valence-electron chi connectivity index (χ1n) is 6.06. The zero-order valence-corrected chi connectivity index (χ0v) is 10.6. The summed E-state index contributed by atoms with van der Waals surface area (Å²) < 4.78 is 1.73. The largest absolute Gasteiger partial charge is 0.369 e. The topological polar surface area (TPSA) is 130 Å². The lowest BCUT2D eigenvalue weighted by atomic mass is 10.1. The Morgan fingerprint density at radius 1 is 1.53 bits per heavy atom. The molecule has 2 aromatic rings. The van der Waals surface area contributed by atoms with Crippen LogP contribution in [-0.4, -0.2) is 36.0 Å². The number of aromatic nitrogens is 4. The average Bonchev–Trinajstić information content (AvgIpc) is 2.72. The van der Waals surface area contributed by atoms with E-state index >= 15 is 0 Å². The smallest absolute Gasteiger partial charge is 0.280 e. The van der Waals surface area contributed by atoms with Crippen LogP contribution < -0.4 is 11.3 Å². The van der Waals surface area contributed by atoms with Gasteiger partial charge in [0.05, 0.1) is 6.33 Å². The van der Waals surface area contributed by atoms with Crippen LogP contribution in [0, 0.1) is 5.92 Å². The van der Waals surface area contributed by atoms with Crippen molar-refractivity contribution in [2.45, 2.75) is 32.6 Å². The number of rotatable bonds is 5. The molecule has 0 saturated heterocycles. The molecule has 2 aromatic heterocycles. The summed E-state index contributed by atoms with van der Waals surface area (Å²) in [6.07, 6.45) is 1.59. The van der Waals surface area contributed by atoms with Gasteiger partial charge in [-0.15, -0.1) is 0 Å². The van der Waals surface area contributed by atoms with E-state index in [1.54, 1.807) is 11.5 Å². The minimum Gasteiger partial charge on any atom is -0.369 e. The number of hydrogen-bond acceptors (Lipinski definition) is 6. The predicted octanol–water partition coefficient (Wildman–Crippen LogP) is -0.571. The third kappa shape index (κ3) is 2.91. The van der Waals surface area contributed by atoms with Crippen LogP contribution in [0.3, 0.4) is 0 Å². The number of fused-ring (bicyclic) bond motifs is 1. The van der Waals surface area contributed by atoms with Gasteiger partial charge in [0.25, 0.3) is 5.56 Å². The van der Waals surface area contributed by atoms with Crippen LogP contribution in [0.2, 0.25) is 0 Å². The van der Waals surface area contributed by atoms with Gasteiger partial charge in [-0.2, -0.15) is 4.98 Å². The van der Waals surface area contributed by atoms with Gasteiger partial charge in [0.2, 0.25) is 5.95 Å². The zero-order chi connectivity index (χ0) is 14.0. The van der Waals surface area contributed by atoms with Gasteiger partial charge in [-0.3, -0.25) is 9.78 Å². The Morgan fingerprint density at radius 3 is 2.95 bits per heavy atom. The molecule has 1 atom stereocenters. The van der Waals surface area contributed by atoms with Crippen LogP contribution >= 0.6 is 0 Å². The second-order valence-corrected chi connectivity index (χ2v) is 4.59. The Kier molecular flexibility index (Phi) is 3.82. The summed E-state index contributed by atoms with van der Waals surface area (Å²) in [5.74, 6) is -0.144. The SMILES string of the molecule is CC(CCCn1cnc2c(=O)[nH]c(N)nc21)C(O)O. The molecule has 0 saturated carbocycles. The monoisotopic (exact) mass is 267 g/mol. The highest BCUT2D eigenvalue weighted by Crippen LogP contribution is 2.12. The summed E-state index contributed by atoms with van der Waals surface area (Å²) in [5, 5.41) is 18.0. The summed E-state index contributed by atoms with van der Waals surface area (Å²) in [6.45, 7) is 2.35. The first kappa shape index (κ1) is 13.5. The Labute approximate surface area is 108 Å². The van der Waals surface area contributed by atoms with Crippen molar-refractivity contribution < 1.29 is 10.2 Å². The fourth-order valence-corrected chi connectivity index (χ4v) is 1.87. The first-order chi connectivity index (χ1) is 8.99. The second-order valence-electron chi connectivity index (χ2n) is 4.59. The summed E-state index contributed by atoms with van der Waals surface area (Å²) in [6, 6.07) is 0. The van der Waals surface area contributed by atoms with Gasteiger partial charge < -0.3 is 20.5 Å². The third-order valence-corrected chi connectivity index (χ3v) is 3.06. The highest BCUT2D eigenvalue weighted by Gasteiger charge is 2.12. The number of nitrogen functional groups attached to an aromatic ring is 1. The molecule has 104 valence electrons. The number of hydrogen-bond donors (Lipinski definition) is 4. The molecular weight excluding hydrogens is 250 g/mol. The molecule has 0 spiro atoms. The maximum Gasteiger partial charge on any atom is 0.280 e. The van der Waals surface area contributed by atoms with Crippen molar-refractivity contribution >= 4 is 17.1 Å². The predicted molar refractivity (Wildman–Crippen MR) is 69.2 cm³/mol. The van der Waals surface area contributed by atoms with Crippen LogP contribution in [-0.2, 0) is 6.54 Å². The minimum atomic E-state index is -1.31. The van der Waals surface area contributed by atoms with Gasteiger partial charge in [0.1, 0.15) is 0 Å². The van der Waals surface area contributed by atoms with Gasteiger partial charge in [-0.05, 0) is 12.8 Å². The maximum atomic E-state index is 11.6. The third-order valence-electron chi connectivity index (χ3n) is 3.06. The molecule has 5 N–H and O–H groups in total. The van der Waals surface area contributed by atoms with E-state index in [0.717, 1.165) is 6.42 Å². The van der Waals surface area contributed by atoms with Gasteiger partial charge in [-0.1, -0.05) is 6.92 Å². The van der Waals surface area contributed by atoms with E-state index in [1.165, 1.54) is 6.33 Å². The van der Waals surface area contributed by atoms with Gasteiger partial charge in [0.15, 0.2) is 17.5 Å². The molecule has 1 unspecified atom stereocenters. The van der Waals surface area contributed by atoms with Crippen molar-refractivity contribution in [3.8, 4) is 0 Å². The minimum absolute atomic E-state index is 0.0541. The lowest BCUT2D eigenvalue weighted by molar-refractivity contribution is -0.0808. The van der Waals surface area contributed by atoms with Crippen LogP contribution in [0.25, 0.3) is 11.2 Å². The molecule has 0 aliphatic carbocycles. The maximum absolute atomic E-state index is 11.6. The van der Waals surface area contributed by atoms with E-state index in [0.29, 0.717) is 18.6 Å². The number of aromatic amines is 1. The van der Waals surface area contributed by atoms with Crippen molar-refractivity contribution in [1.82, 2.24) is 19.5 Å². The van der Waals surface area contributed by atoms with E-state index in [-0.39, 0.29) is 22.9 Å². The molecular formula is C11H17N5O3. The highest BCUT2D eigenvalue weighted by molar-refractivity contribution is 5.70. The molecule has 2 rings (SSSR count). The van der Waals surface area contributed by atoms with Crippen molar-refractivity contribution in [1.29, 1.82) is 0 Å². The molecule has 8 nitrogen and oxygen atoms in total. The normalized spacial score (nSPS) is 13.3. The fourth-order valence-electron chi connectivity index (χ4n) is 1.87. The molecule has 0 aliphatic heterocycles.